The summed E-state index contributed by atoms with van der Waals surface area (Å²) < 4.78 is 0. The van der Waals surface area contributed by atoms with Crippen molar-refractivity contribution in [3.8, 4) is 0 Å². The zero-order valence-electron chi connectivity index (χ0n) is 15.6. The Hall–Kier alpha value is -3.13. The maximum Gasteiger partial charge on any atom is 0.293 e. The van der Waals surface area contributed by atoms with Gasteiger partial charge in [0.1, 0.15) is 0 Å². The number of hydrogen-bond donors (Lipinski definition) is 0. The van der Waals surface area contributed by atoms with E-state index in [1.165, 1.54) is 18.9 Å². The first kappa shape index (κ1) is 19.2. The SMILES string of the molecule is O=C1S/C(=C/c2ccc(N3CCCC3)cc2)C(=O)N1Cc1ccccc1[N+](=O)[O-]. The number of hydrogen-bond acceptors (Lipinski definition) is 6. The van der Waals surface area contributed by atoms with Gasteiger partial charge in [0, 0.05) is 30.4 Å². The van der Waals surface area contributed by atoms with Crippen LogP contribution in [-0.4, -0.2) is 34.1 Å². The molecule has 2 aromatic rings. The Kier molecular flexibility index (Phi) is 5.35. The van der Waals surface area contributed by atoms with Crippen molar-refractivity contribution in [3.63, 3.8) is 0 Å². The third-order valence-electron chi connectivity index (χ3n) is 5.05. The number of imide groups is 1. The molecular formula is C21H19N3O4S. The van der Waals surface area contributed by atoms with E-state index in [1.54, 1.807) is 24.3 Å². The van der Waals surface area contributed by atoms with Crippen LogP contribution in [0.1, 0.15) is 24.0 Å². The van der Waals surface area contributed by atoms with E-state index in [-0.39, 0.29) is 12.2 Å². The van der Waals surface area contributed by atoms with Crippen molar-refractivity contribution < 1.29 is 14.5 Å². The lowest BCUT2D eigenvalue weighted by Gasteiger charge is -2.17. The summed E-state index contributed by atoms with van der Waals surface area (Å²) in [5.74, 6) is -0.429. The number of thioether (sulfide) groups is 1. The highest BCUT2D eigenvalue weighted by Crippen LogP contribution is 2.34. The molecule has 148 valence electrons. The zero-order valence-corrected chi connectivity index (χ0v) is 16.4. The van der Waals surface area contributed by atoms with Crippen LogP contribution < -0.4 is 4.90 Å². The molecule has 29 heavy (non-hydrogen) atoms. The molecule has 0 aliphatic carbocycles. The van der Waals surface area contributed by atoms with E-state index in [0.29, 0.717) is 10.5 Å². The Morgan fingerprint density at radius 3 is 2.41 bits per heavy atom. The molecule has 0 saturated carbocycles. The number of carbonyl (C=O) groups excluding carboxylic acids is 2. The van der Waals surface area contributed by atoms with Crippen LogP contribution in [0.5, 0.6) is 0 Å². The molecule has 8 heteroatoms. The minimum absolute atomic E-state index is 0.104. The van der Waals surface area contributed by atoms with Gasteiger partial charge in [-0.15, -0.1) is 0 Å². The van der Waals surface area contributed by atoms with Crippen LogP contribution in [0.2, 0.25) is 0 Å². The smallest absolute Gasteiger partial charge is 0.293 e. The Balaban J connectivity index is 1.51. The van der Waals surface area contributed by atoms with Crippen molar-refractivity contribution in [2.45, 2.75) is 19.4 Å². The summed E-state index contributed by atoms with van der Waals surface area (Å²) in [7, 11) is 0. The van der Waals surface area contributed by atoms with Gasteiger partial charge in [-0.3, -0.25) is 24.6 Å². The number of amides is 2. The molecule has 0 N–H and O–H groups in total. The molecule has 7 nitrogen and oxygen atoms in total. The molecule has 0 spiro atoms. The van der Waals surface area contributed by atoms with Crippen LogP contribution in [0.25, 0.3) is 6.08 Å². The number of nitro benzene ring substituents is 1. The van der Waals surface area contributed by atoms with Crippen LogP contribution in [0, 0.1) is 10.1 Å². The number of rotatable bonds is 5. The largest absolute Gasteiger partial charge is 0.372 e. The van der Waals surface area contributed by atoms with E-state index >= 15 is 0 Å². The van der Waals surface area contributed by atoms with Gasteiger partial charge in [-0.05, 0) is 48.4 Å². The second-order valence-corrected chi connectivity index (χ2v) is 7.93. The summed E-state index contributed by atoms with van der Waals surface area (Å²) in [5, 5.41) is 10.8. The molecule has 2 saturated heterocycles. The number of carbonyl (C=O) groups is 2. The summed E-state index contributed by atoms with van der Waals surface area (Å²) in [4.78, 5) is 39.4. The standard InChI is InChI=1S/C21H19N3O4S/c25-20-19(13-15-7-9-17(10-8-15)22-11-3-4-12-22)29-21(26)23(20)14-16-5-1-2-6-18(16)24(27)28/h1-2,5-10,13H,3-4,11-12,14H2/b19-13+. The predicted molar refractivity (Wildman–Crippen MR) is 112 cm³/mol. The molecule has 0 atom stereocenters. The van der Waals surface area contributed by atoms with Crippen LogP contribution in [0.4, 0.5) is 16.2 Å². The molecule has 4 rings (SSSR count). The van der Waals surface area contributed by atoms with Gasteiger partial charge in [0.15, 0.2) is 0 Å². The number of nitrogens with zero attached hydrogens (tertiary/aromatic N) is 3. The third kappa shape index (κ3) is 4.02. The fraction of sp³-hybridized carbons (Fsp3) is 0.238. The van der Waals surface area contributed by atoms with Crippen molar-refractivity contribution in [1.82, 2.24) is 4.90 Å². The van der Waals surface area contributed by atoms with Crippen molar-refractivity contribution in [2.75, 3.05) is 18.0 Å². The Morgan fingerprint density at radius 1 is 1.03 bits per heavy atom. The lowest BCUT2D eigenvalue weighted by Crippen LogP contribution is -2.27. The van der Waals surface area contributed by atoms with Crippen molar-refractivity contribution >= 4 is 40.4 Å². The maximum atomic E-state index is 12.7. The van der Waals surface area contributed by atoms with E-state index in [2.05, 4.69) is 4.90 Å². The minimum Gasteiger partial charge on any atom is -0.372 e. The van der Waals surface area contributed by atoms with E-state index in [9.17, 15) is 19.7 Å². The molecule has 2 amide bonds. The highest BCUT2D eigenvalue weighted by atomic mass is 32.2. The summed E-state index contributed by atoms with van der Waals surface area (Å²) in [6.07, 6.45) is 4.10. The van der Waals surface area contributed by atoms with E-state index < -0.39 is 16.1 Å². The normalized spacial score (nSPS) is 18.1. The maximum absolute atomic E-state index is 12.7. The molecule has 2 aromatic carbocycles. The highest BCUT2D eigenvalue weighted by molar-refractivity contribution is 8.18. The number of para-hydroxylation sites is 1. The number of anilines is 1. The first-order valence-electron chi connectivity index (χ1n) is 9.35. The molecule has 0 aromatic heterocycles. The molecule has 2 aliphatic rings. The topological polar surface area (TPSA) is 83.8 Å². The highest BCUT2D eigenvalue weighted by Gasteiger charge is 2.36. The minimum atomic E-state index is -0.508. The first-order chi connectivity index (χ1) is 14.0. The number of nitro groups is 1. The van der Waals surface area contributed by atoms with E-state index in [0.717, 1.165) is 41.0 Å². The van der Waals surface area contributed by atoms with Crippen molar-refractivity contribution in [3.05, 3.63) is 74.7 Å². The van der Waals surface area contributed by atoms with Gasteiger partial charge in [-0.25, -0.2) is 0 Å². The molecule has 0 radical (unpaired) electrons. The molecular weight excluding hydrogens is 390 g/mol. The van der Waals surface area contributed by atoms with Crippen LogP contribution in [0.3, 0.4) is 0 Å². The fourth-order valence-electron chi connectivity index (χ4n) is 3.54. The number of benzene rings is 2. The molecule has 2 heterocycles. The van der Waals surface area contributed by atoms with Gasteiger partial charge >= 0.3 is 0 Å². The van der Waals surface area contributed by atoms with Crippen LogP contribution in [0.15, 0.2) is 53.4 Å². The summed E-state index contributed by atoms with van der Waals surface area (Å²) in [5.41, 5.74) is 2.22. The van der Waals surface area contributed by atoms with Crippen molar-refractivity contribution in [2.24, 2.45) is 0 Å². The van der Waals surface area contributed by atoms with Gasteiger partial charge in [-0.2, -0.15) is 0 Å². The van der Waals surface area contributed by atoms with Gasteiger partial charge in [0.05, 0.1) is 16.4 Å². The Labute approximate surface area is 172 Å². The Bertz CT molecular complexity index is 997. The molecule has 0 unspecified atom stereocenters. The van der Waals surface area contributed by atoms with E-state index in [4.69, 9.17) is 0 Å². The molecule has 2 fully saturated rings. The monoisotopic (exact) mass is 409 g/mol. The quantitative estimate of drug-likeness (QED) is 0.413. The van der Waals surface area contributed by atoms with Crippen LogP contribution >= 0.6 is 11.8 Å². The molecule has 0 bridgehead atoms. The molecule has 2 aliphatic heterocycles. The van der Waals surface area contributed by atoms with Gasteiger partial charge < -0.3 is 4.90 Å². The summed E-state index contributed by atoms with van der Waals surface area (Å²) in [6, 6.07) is 14.0. The van der Waals surface area contributed by atoms with Crippen LogP contribution in [-0.2, 0) is 11.3 Å². The average Bonchev–Trinajstić information content (AvgIpc) is 3.34. The lowest BCUT2D eigenvalue weighted by atomic mass is 10.1. The fourth-order valence-corrected chi connectivity index (χ4v) is 4.38. The summed E-state index contributed by atoms with van der Waals surface area (Å²) in [6.45, 7) is 2.00. The third-order valence-corrected chi connectivity index (χ3v) is 5.96. The zero-order chi connectivity index (χ0) is 20.4. The van der Waals surface area contributed by atoms with E-state index in [1.807, 2.05) is 24.3 Å². The second-order valence-electron chi connectivity index (χ2n) is 6.94. The second kappa shape index (κ2) is 8.08. The van der Waals surface area contributed by atoms with Gasteiger partial charge in [0.25, 0.3) is 16.8 Å². The van der Waals surface area contributed by atoms with Crippen molar-refractivity contribution in [1.29, 1.82) is 0 Å². The summed E-state index contributed by atoms with van der Waals surface area (Å²) >= 11 is 0.858. The van der Waals surface area contributed by atoms with Gasteiger partial charge in [0.2, 0.25) is 0 Å². The Morgan fingerprint density at radius 2 is 1.72 bits per heavy atom. The average molecular weight is 409 g/mol. The predicted octanol–water partition coefficient (Wildman–Crippen LogP) is 4.43. The van der Waals surface area contributed by atoms with Gasteiger partial charge in [-0.1, -0.05) is 30.3 Å². The first-order valence-corrected chi connectivity index (χ1v) is 10.2. The lowest BCUT2D eigenvalue weighted by molar-refractivity contribution is -0.385.